The Kier molecular flexibility index (Phi) is 18.0. The zero-order valence-electron chi connectivity index (χ0n) is 14.0. The van der Waals surface area contributed by atoms with Crippen LogP contribution >= 0.6 is 0 Å². The van der Waals surface area contributed by atoms with Crippen LogP contribution in [0.2, 0.25) is 0 Å². The first-order chi connectivity index (χ1) is 9.91. The number of unbranched alkanes of at least 4 members (excludes halogenated alkanes) is 13. The normalized spacial score (nSPS) is 11.2. The maximum absolute atomic E-state index is 3.72. The molecule has 0 aliphatic carbocycles. The van der Waals surface area contributed by atoms with Crippen LogP contribution in [0, 0.1) is 0 Å². The quantitative estimate of drug-likeness (QED) is 0.201. The molecule has 118 valence electrons. The Morgan fingerprint density at radius 3 is 1.50 bits per heavy atom. The average Bonchev–Trinajstić information content (AvgIpc) is 2.47. The van der Waals surface area contributed by atoms with Gasteiger partial charge in [0.2, 0.25) is 0 Å². The Morgan fingerprint density at radius 1 is 0.600 bits per heavy atom. The number of rotatable bonds is 16. The van der Waals surface area contributed by atoms with Gasteiger partial charge < -0.3 is 0 Å². The molecule has 0 fully saturated rings. The molecule has 20 heavy (non-hydrogen) atoms. The number of hydrogen-bond acceptors (Lipinski definition) is 0. The van der Waals surface area contributed by atoms with E-state index >= 15 is 0 Å². The van der Waals surface area contributed by atoms with Crippen molar-refractivity contribution in [1.82, 2.24) is 0 Å². The lowest BCUT2D eigenvalue weighted by Gasteiger charge is -2.02. The topological polar surface area (TPSA) is 0 Å². The fourth-order valence-corrected chi connectivity index (χ4v) is 2.59. The molecule has 0 heteroatoms. The van der Waals surface area contributed by atoms with Crippen molar-refractivity contribution in [3.8, 4) is 0 Å². The summed E-state index contributed by atoms with van der Waals surface area (Å²) in [6.07, 6.45) is 27.5. The van der Waals surface area contributed by atoms with Gasteiger partial charge in [0, 0.05) is 0 Å². The van der Waals surface area contributed by atoms with Crippen molar-refractivity contribution in [2.75, 3.05) is 0 Å². The summed E-state index contributed by atoms with van der Waals surface area (Å²) in [4.78, 5) is 0. The maximum atomic E-state index is 3.72. The molecule has 0 aliphatic rings. The molecule has 0 radical (unpaired) electrons. The van der Waals surface area contributed by atoms with E-state index in [0.29, 0.717) is 0 Å². The van der Waals surface area contributed by atoms with E-state index in [4.69, 9.17) is 0 Å². The van der Waals surface area contributed by atoms with Gasteiger partial charge in [-0.25, -0.2) is 0 Å². The van der Waals surface area contributed by atoms with Gasteiger partial charge in [-0.15, -0.1) is 6.58 Å². The van der Waals surface area contributed by atoms with E-state index in [1.165, 1.54) is 89.9 Å². The molecule has 0 rings (SSSR count). The van der Waals surface area contributed by atoms with Crippen LogP contribution in [-0.2, 0) is 0 Å². The molecule has 0 amide bonds. The van der Waals surface area contributed by atoms with E-state index in [9.17, 15) is 0 Å². The minimum absolute atomic E-state index is 1.03. The molecule has 0 saturated carbocycles. The molecule has 0 aromatic heterocycles. The Hall–Kier alpha value is -0.520. The van der Waals surface area contributed by atoms with Gasteiger partial charge in [0.1, 0.15) is 0 Å². The monoisotopic (exact) mass is 278 g/mol. The molecule has 0 nitrogen and oxygen atoms in total. The van der Waals surface area contributed by atoms with E-state index in [1.54, 1.807) is 0 Å². The first-order valence-electron chi connectivity index (χ1n) is 9.17. The van der Waals surface area contributed by atoms with Gasteiger partial charge >= 0.3 is 0 Å². The molecule has 0 aliphatic heterocycles. The molecule has 0 spiro atoms. The molecule has 0 aromatic rings. The van der Waals surface area contributed by atoms with Crippen LogP contribution in [0.1, 0.15) is 103 Å². The summed E-state index contributed by atoms with van der Waals surface area (Å²) < 4.78 is 0. The lowest BCUT2D eigenvalue weighted by Crippen LogP contribution is -1.82. The van der Waals surface area contributed by atoms with Crippen LogP contribution in [-0.4, -0.2) is 0 Å². The van der Waals surface area contributed by atoms with Crippen LogP contribution in [0.15, 0.2) is 24.8 Å². The largest absolute Gasteiger partial charge is 0.103 e. The van der Waals surface area contributed by atoms with Gasteiger partial charge in [0.25, 0.3) is 0 Å². The van der Waals surface area contributed by atoms with E-state index < -0.39 is 0 Å². The summed E-state index contributed by atoms with van der Waals surface area (Å²) in [6, 6.07) is 0. The summed E-state index contributed by atoms with van der Waals surface area (Å²) >= 11 is 0. The summed E-state index contributed by atoms with van der Waals surface area (Å²) in [6.45, 7) is 6.01. The van der Waals surface area contributed by atoms with Gasteiger partial charge in [-0.2, -0.15) is 0 Å². The van der Waals surface area contributed by atoms with Crippen LogP contribution in [0.5, 0.6) is 0 Å². The molecule has 0 bridgehead atoms. The SMILES string of the molecule is C=CCC=CCCCCCCCCCCCCCCC. The lowest BCUT2D eigenvalue weighted by molar-refractivity contribution is 0.540. The van der Waals surface area contributed by atoms with Gasteiger partial charge in [-0.1, -0.05) is 102 Å². The first kappa shape index (κ1) is 19.5. The van der Waals surface area contributed by atoms with E-state index in [-0.39, 0.29) is 0 Å². The lowest BCUT2D eigenvalue weighted by atomic mass is 10.0. The Morgan fingerprint density at radius 2 is 1.05 bits per heavy atom. The van der Waals surface area contributed by atoms with Gasteiger partial charge in [0.05, 0.1) is 0 Å². The average molecular weight is 279 g/mol. The van der Waals surface area contributed by atoms with E-state index in [2.05, 4.69) is 25.7 Å². The standard InChI is InChI=1S/C20H38/c1-3-5-7-9-11-13-15-17-19-20-18-16-14-12-10-8-6-4-2/h3,7,9H,1,4-6,8,10-20H2,2H3. The van der Waals surface area contributed by atoms with Gasteiger partial charge in [0.15, 0.2) is 0 Å². The molecule has 0 heterocycles. The van der Waals surface area contributed by atoms with Crippen molar-refractivity contribution >= 4 is 0 Å². The third kappa shape index (κ3) is 17.5. The minimum atomic E-state index is 1.03. The zero-order valence-corrected chi connectivity index (χ0v) is 14.0. The van der Waals surface area contributed by atoms with Gasteiger partial charge in [-0.3, -0.25) is 0 Å². The fourth-order valence-electron chi connectivity index (χ4n) is 2.59. The Bertz CT molecular complexity index is 202. The maximum Gasteiger partial charge on any atom is -0.0172 e. The third-order valence-electron chi connectivity index (χ3n) is 3.94. The summed E-state index contributed by atoms with van der Waals surface area (Å²) in [7, 11) is 0. The van der Waals surface area contributed by atoms with Crippen molar-refractivity contribution in [3.63, 3.8) is 0 Å². The van der Waals surface area contributed by atoms with Crippen LogP contribution in [0.3, 0.4) is 0 Å². The van der Waals surface area contributed by atoms with Crippen LogP contribution in [0.4, 0.5) is 0 Å². The molecule has 0 saturated heterocycles. The van der Waals surface area contributed by atoms with Crippen molar-refractivity contribution in [2.45, 2.75) is 103 Å². The van der Waals surface area contributed by atoms with E-state index in [0.717, 1.165) is 6.42 Å². The first-order valence-corrected chi connectivity index (χ1v) is 9.17. The second-order valence-corrected chi connectivity index (χ2v) is 6.03. The summed E-state index contributed by atoms with van der Waals surface area (Å²) in [5, 5.41) is 0. The predicted molar refractivity (Wildman–Crippen MR) is 94.3 cm³/mol. The van der Waals surface area contributed by atoms with Crippen molar-refractivity contribution in [2.24, 2.45) is 0 Å². The molecular formula is C20H38. The molecular weight excluding hydrogens is 240 g/mol. The summed E-state index contributed by atoms with van der Waals surface area (Å²) in [5.74, 6) is 0. The van der Waals surface area contributed by atoms with E-state index in [1.807, 2.05) is 6.08 Å². The van der Waals surface area contributed by atoms with Crippen LogP contribution in [0.25, 0.3) is 0 Å². The smallest absolute Gasteiger partial charge is 0.0172 e. The summed E-state index contributed by atoms with van der Waals surface area (Å²) in [5.41, 5.74) is 0. The minimum Gasteiger partial charge on any atom is -0.103 e. The highest BCUT2D eigenvalue weighted by Crippen LogP contribution is 2.12. The second-order valence-electron chi connectivity index (χ2n) is 6.03. The molecule has 0 aromatic carbocycles. The highest BCUT2D eigenvalue weighted by molar-refractivity contribution is 4.87. The predicted octanol–water partition coefficient (Wildman–Crippen LogP) is 7.60. The van der Waals surface area contributed by atoms with Crippen molar-refractivity contribution in [1.29, 1.82) is 0 Å². The highest BCUT2D eigenvalue weighted by atomic mass is 14.0. The van der Waals surface area contributed by atoms with Gasteiger partial charge in [-0.05, 0) is 19.3 Å². The molecule has 0 atom stereocenters. The van der Waals surface area contributed by atoms with Crippen LogP contribution < -0.4 is 0 Å². The zero-order chi connectivity index (χ0) is 14.7. The highest BCUT2D eigenvalue weighted by Gasteiger charge is 1.93. The Balaban J connectivity index is 2.97. The Labute approximate surface area is 128 Å². The second kappa shape index (κ2) is 18.5. The van der Waals surface area contributed by atoms with Crippen molar-refractivity contribution < 1.29 is 0 Å². The molecule has 0 N–H and O–H groups in total. The number of allylic oxidation sites excluding steroid dienone is 3. The van der Waals surface area contributed by atoms with Crippen molar-refractivity contribution in [3.05, 3.63) is 24.8 Å². The molecule has 0 unspecified atom stereocenters. The third-order valence-corrected chi connectivity index (χ3v) is 3.94. The fraction of sp³-hybridized carbons (Fsp3) is 0.800. The number of hydrogen-bond donors (Lipinski definition) is 0.